The molecule has 0 spiro atoms. The lowest BCUT2D eigenvalue weighted by Crippen LogP contribution is -2.18. The Morgan fingerprint density at radius 2 is 2.27 bits per heavy atom. The summed E-state index contributed by atoms with van der Waals surface area (Å²) < 4.78 is 0. The lowest BCUT2D eigenvalue weighted by Gasteiger charge is -2.17. The fourth-order valence-electron chi connectivity index (χ4n) is 1.09. The molecule has 3 nitrogen and oxygen atoms in total. The number of halogens is 1. The van der Waals surface area contributed by atoms with E-state index in [1.54, 1.807) is 6.20 Å². The molecule has 1 aromatic heterocycles. The second kappa shape index (κ2) is 5.47. The Labute approximate surface area is 101 Å². The molecule has 1 aromatic rings. The van der Waals surface area contributed by atoms with Gasteiger partial charge in [-0.3, -0.25) is 0 Å². The van der Waals surface area contributed by atoms with E-state index >= 15 is 0 Å². The first-order valence-corrected chi connectivity index (χ1v) is 5.76. The van der Waals surface area contributed by atoms with Gasteiger partial charge in [0.25, 0.3) is 0 Å². The Balaban J connectivity index is 2.90. The number of nitrogens with zero attached hydrogens (tertiary/aromatic N) is 2. The summed E-state index contributed by atoms with van der Waals surface area (Å²) in [6.07, 6.45) is 1.66. The molecule has 15 heavy (non-hydrogen) atoms. The molecule has 0 saturated heterocycles. The van der Waals surface area contributed by atoms with E-state index in [1.165, 1.54) is 0 Å². The summed E-state index contributed by atoms with van der Waals surface area (Å²) in [4.78, 5) is 6.14. The highest BCUT2D eigenvalue weighted by Gasteiger charge is 2.06. The van der Waals surface area contributed by atoms with Crippen molar-refractivity contribution in [3.05, 3.63) is 17.3 Å². The summed E-state index contributed by atoms with van der Waals surface area (Å²) in [6.45, 7) is 2.05. The van der Waals surface area contributed by atoms with Gasteiger partial charge in [-0.1, -0.05) is 11.6 Å². The molecule has 0 aliphatic carbocycles. The highest BCUT2D eigenvalue weighted by atomic mass is 35.5. The van der Waals surface area contributed by atoms with E-state index in [1.807, 2.05) is 25.1 Å². The van der Waals surface area contributed by atoms with Gasteiger partial charge < -0.3 is 10.2 Å². The number of nitrogens with one attached hydrogen (secondary N) is 1. The van der Waals surface area contributed by atoms with Crippen molar-refractivity contribution in [2.75, 3.05) is 30.1 Å². The van der Waals surface area contributed by atoms with E-state index in [4.69, 9.17) is 11.6 Å². The summed E-state index contributed by atoms with van der Waals surface area (Å²) in [6, 6.07) is 2.21. The zero-order valence-electron chi connectivity index (χ0n) is 9.16. The SMILES string of the molecule is CC(CS)Nc1cc(N(C)C)ncc1Cl. The van der Waals surface area contributed by atoms with Crippen molar-refractivity contribution in [3.63, 3.8) is 0 Å². The molecular weight excluding hydrogens is 230 g/mol. The number of thiol groups is 1. The molecule has 0 aliphatic heterocycles. The van der Waals surface area contributed by atoms with Crippen LogP contribution in [0.1, 0.15) is 6.92 Å². The second-order valence-corrected chi connectivity index (χ2v) is 4.42. The smallest absolute Gasteiger partial charge is 0.130 e. The number of anilines is 2. The normalized spacial score (nSPS) is 12.3. The van der Waals surface area contributed by atoms with Crippen LogP contribution >= 0.6 is 24.2 Å². The summed E-state index contributed by atoms with van der Waals surface area (Å²) >= 11 is 10.2. The van der Waals surface area contributed by atoms with Crippen LogP contribution in [0.25, 0.3) is 0 Å². The molecule has 1 heterocycles. The minimum Gasteiger partial charge on any atom is -0.380 e. The quantitative estimate of drug-likeness (QED) is 0.799. The molecule has 1 unspecified atom stereocenters. The minimum absolute atomic E-state index is 0.281. The van der Waals surface area contributed by atoms with Gasteiger partial charge in [0.2, 0.25) is 0 Å². The third-order valence-electron chi connectivity index (χ3n) is 1.97. The number of hydrogen-bond donors (Lipinski definition) is 2. The van der Waals surface area contributed by atoms with Crippen molar-refractivity contribution in [2.24, 2.45) is 0 Å². The van der Waals surface area contributed by atoms with E-state index < -0.39 is 0 Å². The van der Waals surface area contributed by atoms with Crippen molar-refractivity contribution in [3.8, 4) is 0 Å². The predicted molar refractivity (Wildman–Crippen MR) is 70.5 cm³/mol. The van der Waals surface area contributed by atoms with Crippen LogP contribution < -0.4 is 10.2 Å². The lowest BCUT2D eigenvalue weighted by molar-refractivity contribution is 0.914. The highest BCUT2D eigenvalue weighted by molar-refractivity contribution is 7.80. The van der Waals surface area contributed by atoms with Gasteiger partial charge in [-0.2, -0.15) is 12.6 Å². The third-order valence-corrected chi connectivity index (χ3v) is 2.82. The fraction of sp³-hybridized carbons (Fsp3) is 0.500. The Kier molecular flexibility index (Phi) is 4.54. The first-order valence-electron chi connectivity index (χ1n) is 4.75. The zero-order valence-corrected chi connectivity index (χ0v) is 10.8. The largest absolute Gasteiger partial charge is 0.380 e. The molecular formula is C10H16ClN3S. The first-order chi connectivity index (χ1) is 7.04. The summed E-state index contributed by atoms with van der Waals surface area (Å²) in [5.41, 5.74) is 0.900. The van der Waals surface area contributed by atoms with Crippen LogP contribution in [0.3, 0.4) is 0 Å². The average Bonchev–Trinajstić information content (AvgIpc) is 2.20. The monoisotopic (exact) mass is 245 g/mol. The first kappa shape index (κ1) is 12.5. The van der Waals surface area contributed by atoms with E-state index in [-0.39, 0.29) is 6.04 Å². The van der Waals surface area contributed by atoms with Crippen molar-refractivity contribution in [2.45, 2.75) is 13.0 Å². The molecule has 0 saturated carbocycles. The van der Waals surface area contributed by atoms with Gasteiger partial charge in [-0.25, -0.2) is 4.98 Å². The van der Waals surface area contributed by atoms with Crippen LogP contribution in [0.15, 0.2) is 12.3 Å². The van der Waals surface area contributed by atoms with Crippen molar-refractivity contribution in [1.29, 1.82) is 0 Å². The second-order valence-electron chi connectivity index (χ2n) is 3.64. The summed E-state index contributed by atoms with van der Waals surface area (Å²) in [5, 5.41) is 3.91. The van der Waals surface area contributed by atoms with Gasteiger partial charge in [-0.15, -0.1) is 0 Å². The maximum Gasteiger partial charge on any atom is 0.130 e. The van der Waals surface area contributed by atoms with Gasteiger partial charge in [0, 0.05) is 38.2 Å². The Morgan fingerprint density at radius 3 is 2.80 bits per heavy atom. The van der Waals surface area contributed by atoms with Crippen LogP contribution in [0.4, 0.5) is 11.5 Å². The Bertz CT molecular complexity index is 330. The summed E-state index contributed by atoms with van der Waals surface area (Å²) in [5.74, 6) is 1.64. The maximum atomic E-state index is 6.03. The van der Waals surface area contributed by atoms with Crippen LogP contribution in [0.5, 0.6) is 0 Å². The van der Waals surface area contributed by atoms with Crippen LogP contribution in [0, 0.1) is 0 Å². The van der Waals surface area contributed by atoms with Crippen LogP contribution in [-0.4, -0.2) is 30.9 Å². The zero-order chi connectivity index (χ0) is 11.4. The Morgan fingerprint density at radius 1 is 1.60 bits per heavy atom. The topological polar surface area (TPSA) is 28.2 Å². The minimum atomic E-state index is 0.281. The molecule has 0 bridgehead atoms. The number of pyridine rings is 1. The number of hydrogen-bond acceptors (Lipinski definition) is 4. The Hall–Kier alpha value is -0.610. The maximum absolute atomic E-state index is 6.03. The molecule has 1 atom stereocenters. The van der Waals surface area contributed by atoms with Gasteiger partial charge >= 0.3 is 0 Å². The van der Waals surface area contributed by atoms with E-state index in [2.05, 4.69) is 29.9 Å². The standard InChI is InChI=1S/C10H16ClN3S/c1-7(6-15)13-9-4-10(14(2)3)12-5-8(9)11/h4-5,7,15H,6H2,1-3H3,(H,12,13). The van der Waals surface area contributed by atoms with Gasteiger partial charge in [-0.05, 0) is 6.92 Å². The number of aromatic nitrogens is 1. The predicted octanol–water partition coefficient (Wildman–Crippen LogP) is 2.53. The number of rotatable bonds is 4. The molecule has 1 N–H and O–H groups in total. The molecule has 84 valence electrons. The average molecular weight is 246 g/mol. The molecule has 0 fully saturated rings. The van der Waals surface area contributed by atoms with Crippen molar-refractivity contribution < 1.29 is 0 Å². The molecule has 0 aromatic carbocycles. The molecule has 5 heteroatoms. The fourth-order valence-corrected chi connectivity index (χ4v) is 1.34. The molecule has 1 rings (SSSR count). The van der Waals surface area contributed by atoms with E-state index in [0.29, 0.717) is 5.02 Å². The molecule has 0 radical (unpaired) electrons. The highest BCUT2D eigenvalue weighted by Crippen LogP contribution is 2.25. The van der Waals surface area contributed by atoms with E-state index in [0.717, 1.165) is 17.3 Å². The summed E-state index contributed by atoms with van der Waals surface area (Å²) in [7, 11) is 3.89. The van der Waals surface area contributed by atoms with Crippen LogP contribution in [-0.2, 0) is 0 Å². The molecule has 0 aliphatic rings. The third kappa shape index (κ3) is 3.47. The van der Waals surface area contributed by atoms with Gasteiger partial charge in [0.05, 0.1) is 10.7 Å². The van der Waals surface area contributed by atoms with E-state index in [9.17, 15) is 0 Å². The lowest BCUT2D eigenvalue weighted by atomic mass is 10.3. The van der Waals surface area contributed by atoms with Crippen molar-refractivity contribution in [1.82, 2.24) is 4.98 Å². The molecule has 0 amide bonds. The van der Waals surface area contributed by atoms with Gasteiger partial charge in [0.15, 0.2) is 0 Å². The van der Waals surface area contributed by atoms with Crippen molar-refractivity contribution >= 4 is 35.7 Å². The van der Waals surface area contributed by atoms with Gasteiger partial charge in [0.1, 0.15) is 5.82 Å². The van der Waals surface area contributed by atoms with Crippen LogP contribution in [0.2, 0.25) is 5.02 Å².